The van der Waals surface area contributed by atoms with Crippen molar-refractivity contribution in [1.29, 1.82) is 0 Å². The van der Waals surface area contributed by atoms with Crippen molar-refractivity contribution in [2.45, 2.75) is 13.5 Å². The van der Waals surface area contributed by atoms with Crippen molar-refractivity contribution in [3.8, 4) is 0 Å². The zero-order valence-electron chi connectivity index (χ0n) is 15.8. The van der Waals surface area contributed by atoms with Gasteiger partial charge >= 0.3 is 0 Å². The molecule has 0 bridgehead atoms. The van der Waals surface area contributed by atoms with Gasteiger partial charge in [0.25, 0.3) is 5.56 Å². The van der Waals surface area contributed by atoms with Gasteiger partial charge in [-0.05, 0) is 48.4 Å². The van der Waals surface area contributed by atoms with Gasteiger partial charge in [0.05, 0.1) is 6.54 Å². The number of benzene rings is 2. The zero-order chi connectivity index (χ0) is 20.2. The lowest BCUT2D eigenvalue weighted by molar-refractivity contribution is 1.02. The second-order valence-electron chi connectivity index (χ2n) is 6.65. The van der Waals surface area contributed by atoms with Crippen LogP contribution in [0.4, 0.5) is 11.5 Å². The van der Waals surface area contributed by atoms with Crippen LogP contribution in [0.2, 0.25) is 5.02 Å². The Bertz CT molecular complexity index is 1230. The lowest BCUT2D eigenvalue weighted by Crippen LogP contribution is -2.22. The van der Waals surface area contributed by atoms with E-state index in [4.69, 9.17) is 16.6 Å². The third kappa shape index (κ3) is 4.20. The Morgan fingerprint density at radius 2 is 1.83 bits per heavy atom. The third-order valence-corrected chi connectivity index (χ3v) is 4.78. The molecule has 1 N–H and O–H groups in total. The Morgan fingerprint density at radius 3 is 2.59 bits per heavy atom. The van der Waals surface area contributed by atoms with E-state index in [2.05, 4.69) is 10.3 Å². The normalized spacial score (nSPS) is 11.2. The van der Waals surface area contributed by atoms with E-state index in [1.807, 2.05) is 61.5 Å². The van der Waals surface area contributed by atoms with Crippen molar-refractivity contribution in [2.24, 2.45) is 4.99 Å². The molecule has 0 aliphatic rings. The molecule has 144 valence electrons. The number of hydrogen-bond donors (Lipinski definition) is 1. The molecule has 29 heavy (non-hydrogen) atoms. The Kier molecular flexibility index (Phi) is 5.40. The molecule has 0 spiro atoms. The maximum Gasteiger partial charge on any atom is 0.268 e. The number of aromatic nitrogens is 2. The average Bonchev–Trinajstić information content (AvgIpc) is 2.73. The molecule has 2 aromatic carbocycles. The van der Waals surface area contributed by atoms with Gasteiger partial charge < -0.3 is 5.32 Å². The van der Waals surface area contributed by atoms with Crippen molar-refractivity contribution in [3.63, 3.8) is 0 Å². The molecule has 5 nitrogen and oxygen atoms in total. The number of nitrogens with one attached hydrogen (secondary N) is 1. The standard InChI is InChI=1S/C23H19ClN4O/c1-16-6-5-13-28-22(16)27-21(26-19-11-9-18(24)10-12-19)20(23(28)29)15-25-14-17-7-3-2-4-8-17/h2-13,15,26H,14H2,1H3. The van der Waals surface area contributed by atoms with Crippen LogP contribution in [-0.4, -0.2) is 15.6 Å². The number of rotatable bonds is 5. The van der Waals surface area contributed by atoms with E-state index < -0.39 is 0 Å². The highest BCUT2D eigenvalue weighted by molar-refractivity contribution is 6.30. The van der Waals surface area contributed by atoms with E-state index in [1.54, 1.807) is 28.9 Å². The van der Waals surface area contributed by atoms with Crippen LogP contribution in [0.5, 0.6) is 0 Å². The van der Waals surface area contributed by atoms with Crippen LogP contribution in [0.1, 0.15) is 16.7 Å². The molecule has 0 unspecified atom stereocenters. The summed E-state index contributed by atoms with van der Waals surface area (Å²) in [6.07, 6.45) is 3.31. The molecule has 6 heteroatoms. The zero-order valence-corrected chi connectivity index (χ0v) is 16.6. The smallest absolute Gasteiger partial charge is 0.268 e. The fourth-order valence-corrected chi connectivity index (χ4v) is 3.15. The molecule has 0 atom stereocenters. The second-order valence-corrected chi connectivity index (χ2v) is 7.09. The minimum absolute atomic E-state index is 0.174. The largest absolute Gasteiger partial charge is 0.339 e. The number of aryl methyl sites for hydroxylation is 1. The number of halogens is 1. The average molecular weight is 403 g/mol. The highest BCUT2D eigenvalue weighted by Gasteiger charge is 2.13. The summed E-state index contributed by atoms with van der Waals surface area (Å²) in [5.74, 6) is 0.462. The summed E-state index contributed by atoms with van der Waals surface area (Å²) in [6, 6.07) is 20.9. The minimum Gasteiger partial charge on any atom is -0.339 e. The van der Waals surface area contributed by atoms with E-state index in [0.717, 1.165) is 16.8 Å². The fraction of sp³-hybridized carbons (Fsp3) is 0.0870. The summed E-state index contributed by atoms with van der Waals surface area (Å²) in [5.41, 5.74) is 3.61. The summed E-state index contributed by atoms with van der Waals surface area (Å²) in [7, 11) is 0. The maximum atomic E-state index is 13.2. The van der Waals surface area contributed by atoms with Crippen LogP contribution in [0.15, 0.2) is 82.7 Å². The van der Waals surface area contributed by atoms with Crippen LogP contribution in [0.25, 0.3) is 5.65 Å². The van der Waals surface area contributed by atoms with Crippen LogP contribution < -0.4 is 10.9 Å². The van der Waals surface area contributed by atoms with Gasteiger partial charge in [-0.1, -0.05) is 48.0 Å². The number of fused-ring (bicyclic) bond motifs is 1. The molecule has 0 fully saturated rings. The highest BCUT2D eigenvalue weighted by Crippen LogP contribution is 2.20. The summed E-state index contributed by atoms with van der Waals surface area (Å²) < 4.78 is 1.55. The first-order valence-electron chi connectivity index (χ1n) is 9.20. The van der Waals surface area contributed by atoms with Crippen molar-refractivity contribution in [2.75, 3.05) is 5.32 Å². The van der Waals surface area contributed by atoms with Gasteiger partial charge in [-0.2, -0.15) is 0 Å². The summed E-state index contributed by atoms with van der Waals surface area (Å²) >= 11 is 5.98. The molecule has 0 amide bonds. The summed E-state index contributed by atoms with van der Waals surface area (Å²) in [6.45, 7) is 2.41. The molecular weight excluding hydrogens is 384 g/mol. The fourth-order valence-electron chi connectivity index (χ4n) is 3.02. The van der Waals surface area contributed by atoms with E-state index in [-0.39, 0.29) is 5.56 Å². The SMILES string of the molecule is Cc1cccn2c(=O)c(C=NCc3ccccc3)c(Nc3ccc(Cl)cc3)nc12. The Hall–Kier alpha value is -3.44. The van der Waals surface area contributed by atoms with Gasteiger partial charge in [0.1, 0.15) is 17.0 Å². The molecule has 2 heterocycles. The Balaban J connectivity index is 1.78. The van der Waals surface area contributed by atoms with Crippen molar-refractivity contribution in [3.05, 3.63) is 105 Å². The molecular formula is C23H19ClN4O. The van der Waals surface area contributed by atoms with Crippen LogP contribution in [-0.2, 0) is 6.54 Å². The number of hydrogen-bond acceptors (Lipinski definition) is 4. The number of pyridine rings is 1. The van der Waals surface area contributed by atoms with Crippen molar-refractivity contribution in [1.82, 2.24) is 9.38 Å². The van der Waals surface area contributed by atoms with Crippen LogP contribution in [0, 0.1) is 6.92 Å². The molecule has 0 aliphatic carbocycles. The molecule has 0 aliphatic heterocycles. The number of nitrogens with zero attached hydrogens (tertiary/aromatic N) is 3. The van der Waals surface area contributed by atoms with E-state index in [9.17, 15) is 4.79 Å². The lowest BCUT2D eigenvalue weighted by atomic mass is 10.2. The quantitative estimate of drug-likeness (QED) is 0.477. The minimum atomic E-state index is -0.174. The van der Waals surface area contributed by atoms with Crippen molar-refractivity contribution < 1.29 is 0 Å². The number of aliphatic imine (C=N–C) groups is 1. The Labute approximate surface area is 173 Å². The monoisotopic (exact) mass is 402 g/mol. The van der Waals surface area contributed by atoms with Gasteiger partial charge in [0.2, 0.25) is 0 Å². The van der Waals surface area contributed by atoms with Gasteiger partial charge in [0.15, 0.2) is 0 Å². The van der Waals surface area contributed by atoms with E-state index in [0.29, 0.717) is 28.6 Å². The molecule has 4 aromatic rings. The van der Waals surface area contributed by atoms with Crippen LogP contribution in [0.3, 0.4) is 0 Å². The van der Waals surface area contributed by atoms with Gasteiger partial charge in [-0.15, -0.1) is 0 Å². The predicted octanol–water partition coefficient (Wildman–Crippen LogP) is 5.02. The first-order chi connectivity index (χ1) is 14.1. The highest BCUT2D eigenvalue weighted by atomic mass is 35.5. The van der Waals surface area contributed by atoms with E-state index >= 15 is 0 Å². The Morgan fingerprint density at radius 1 is 1.07 bits per heavy atom. The third-order valence-electron chi connectivity index (χ3n) is 4.53. The van der Waals surface area contributed by atoms with Gasteiger partial charge in [-0.25, -0.2) is 4.98 Å². The van der Waals surface area contributed by atoms with Crippen LogP contribution >= 0.6 is 11.6 Å². The molecule has 0 saturated carbocycles. The molecule has 2 aromatic heterocycles. The first kappa shape index (κ1) is 18.9. The maximum absolute atomic E-state index is 13.2. The molecule has 0 radical (unpaired) electrons. The second kappa shape index (κ2) is 8.29. The predicted molar refractivity (Wildman–Crippen MR) is 119 cm³/mol. The lowest BCUT2D eigenvalue weighted by Gasteiger charge is -2.12. The van der Waals surface area contributed by atoms with Gasteiger partial charge in [-0.3, -0.25) is 14.2 Å². The molecule has 0 saturated heterocycles. The van der Waals surface area contributed by atoms with Crippen molar-refractivity contribution >= 4 is 35.0 Å². The summed E-state index contributed by atoms with van der Waals surface area (Å²) in [4.78, 5) is 22.3. The summed E-state index contributed by atoms with van der Waals surface area (Å²) in [5, 5.41) is 3.88. The van der Waals surface area contributed by atoms with Gasteiger partial charge in [0, 0.05) is 23.1 Å². The van der Waals surface area contributed by atoms with E-state index in [1.165, 1.54) is 0 Å². The number of anilines is 2. The molecule has 4 rings (SSSR count). The topological polar surface area (TPSA) is 58.8 Å². The first-order valence-corrected chi connectivity index (χ1v) is 9.58.